The summed E-state index contributed by atoms with van der Waals surface area (Å²) in [5.74, 6) is -1.72. The molecule has 74 heavy (non-hydrogen) atoms. The maximum atomic E-state index is 13.6. The summed E-state index contributed by atoms with van der Waals surface area (Å²) in [6, 6.07) is 9.44. The van der Waals surface area contributed by atoms with Gasteiger partial charge < -0.3 is 77.6 Å². The fourth-order valence-corrected chi connectivity index (χ4v) is 14.6. The lowest BCUT2D eigenvalue weighted by Crippen LogP contribution is -2.75. The summed E-state index contributed by atoms with van der Waals surface area (Å²) in [5.41, 5.74) is -3.07. The number of methoxy groups -OCH3 is 2. The van der Waals surface area contributed by atoms with Gasteiger partial charge in [0.25, 0.3) is 0 Å². The molecule has 4 aliphatic heterocycles. The molecule has 0 radical (unpaired) electrons. The Labute approximate surface area is 435 Å². The smallest absolute Gasteiger partial charge is 0.331 e. The Morgan fingerprint density at radius 2 is 1.24 bits per heavy atom. The molecule has 4 heterocycles. The summed E-state index contributed by atoms with van der Waals surface area (Å²) in [5, 5.41) is 58.8. The standard InChI is InChI=1S/C56H82O18/c1-29(57)37-19-22-56(63)54(37,7)43(71-44(60)16-15-34-13-11-10-12-14-34)28-42-53(6)20-18-36(23-35(53)17-21-55(42,56)62)70-47-27-41(65-9)52(33(5)69-47)74-46-25-39(59)50(31(3)68-46)72-45-24-38(58)51(32(4)67-45)73-48-26-40(64-8)49(61)30(2)66-48/h10-17,30-33,36-43,45-52,58-59,61-63H,18-28H2,1-9H3/b16-15+/t30-,31+,32+,33+,36-,37-,38-,39+,40-,41-,42-,43-,45+,46-,47-,48+,49+,50-,51+,52-,53+,54+,55-,56+/m1/s1. The van der Waals surface area contributed by atoms with Gasteiger partial charge in [-0.1, -0.05) is 55.8 Å². The Balaban J connectivity index is 0.790. The molecule has 0 bridgehead atoms. The van der Waals surface area contributed by atoms with Crippen molar-refractivity contribution < 1.29 is 87.2 Å². The van der Waals surface area contributed by atoms with E-state index in [0.29, 0.717) is 38.5 Å². The predicted octanol–water partition coefficient (Wildman–Crippen LogP) is 4.81. The molecule has 414 valence electrons. The summed E-state index contributed by atoms with van der Waals surface area (Å²) in [7, 11) is 3.14. The van der Waals surface area contributed by atoms with Crippen molar-refractivity contribution in [2.24, 2.45) is 22.7 Å². The van der Waals surface area contributed by atoms with E-state index in [0.717, 1.165) is 11.1 Å². The first kappa shape index (κ1) is 56.0. The SMILES string of the molecule is CO[C@@H]1C[C@H](O[C@@H]2[C@H](O)C[C@H](O[C@@H]3[C@H](C)O[C@H](O[C@@H]4[C@H](C)O[C@H](O[C@@H]5CC[C@@]6(C)C(=CC[C@@]7(O)[C@@H]6C[C@@H](OC(=O)/C=C/c6ccccc6)[C@]6(C)[C@@H](C(C)=O)CC[C@]67O)C5)C[C@H]4OC)C[C@@H]3O)O[C@H]2C)O[C@H](C)[C@@H]1O. The van der Waals surface area contributed by atoms with Gasteiger partial charge in [0.2, 0.25) is 0 Å². The van der Waals surface area contributed by atoms with E-state index in [-0.39, 0.29) is 44.0 Å². The van der Waals surface area contributed by atoms with Crippen LogP contribution in [0.25, 0.3) is 6.08 Å². The number of aliphatic hydroxyl groups excluding tert-OH is 3. The highest BCUT2D eigenvalue weighted by Gasteiger charge is 2.77. The third kappa shape index (κ3) is 10.4. The molecular formula is C56H82O18. The molecule has 4 saturated heterocycles. The van der Waals surface area contributed by atoms with Gasteiger partial charge in [0.05, 0.1) is 54.9 Å². The molecule has 5 N–H and O–H groups in total. The molecule has 18 nitrogen and oxygen atoms in total. The topological polar surface area (TPSA) is 237 Å². The lowest BCUT2D eigenvalue weighted by molar-refractivity contribution is -0.345. The molecule has 9 rings (SSSR count). The molecule has 24 atom stereocenters. The Bertz CT molecular complexity index is 2150. The first-order valence-corrected chi connectivity index (χ1v) is 27.0. The summed E-state index contributed by atoms with van der Waals surface area (Å²) in [6.45, 7) is 12.7. The predicted molar refractivity (Wildman–Crippen MR) is 264 cm³/mol. The van der Waals surface area contributed by atoms with Crippen molar-refractivity contribution in [1.82, 2.24) is 0 Å². The molecule has 0 unspecified atom stereocenters. The number of carbonyl (C=O) groups is 2. The Morgan fingerprint density at radius 3 is 1.84 bits per heavy atom. The quantitative estimate of drug-likeness (QED) is 0.0955. The maximum absolute atomic E-state index is 13.6. The van der Waals surface area contributed by atoms with E-state index in [4.69, 9.17) is 52.1 Å². The number of carbonyl (C=O) groups excluding carboxylic acids is 2. The number of ketones is 1. The molecule has 18 heteroatoms. The fourth-order valence-electron chi connectivity index (χ4n) is 14.6. The first-order valence-electron chi connectivity index (χ1n) is 27.0. The lowest BCUT2D eigenvalue weighted by atomic mass is 9.43. The van der Waals surface area contributed by atoms with Crippen LogP contribution in [0.4, 0.5) is 0 Å². The normalized spacial score (nSPS) is 48.5. The molecule has 1 aromatic rings. The minimum Gasteiger partial charge on any atom is -0.458 e. The van der Waals surface area contributed by atoms with E-state index in [1.807, 2.05) is 44.2 Å². The van der Waals surface area contributed by atoms with Gasteiger partial charge in [0, 0.05) is 63.2 Å². The molecule has 3 saturated carbocycles. The van der Waals surface area contributed by atoms with Gasteiger partial charge in [-0.15, -0.1) is 0 Å². The second kappa shape index (κ2) is 22.2. The van der Waals surface area contributed by atoms with Gasteiger partial charge in [-0.25, -0.2) is 4.79 Å². The number of benzene rings is 1. The Kier molecular flexibility index (Phi) is 16.8. The van der Waals surface area contributed by atoms with Gasteiger partial charge in [0.1, 0.15) is 47.5 Å². The van der Waals surface area contributed by atoms with Crippen molar-refractivity contribution in [1.29, 1.82) is 0 Å². The van der Waals surface area contributed by atoms with Crippen LogP contribution >= 0.6 is 0 Å². The largest absolute Gasteiger partial charge is 0.458 e. The fraction of sp³-hybridized carbons (Fsp3) is 0.786. The number of Topliss-reactive ketones (excluding diaryl/α,β-unsaturated/α-hetero) is 1. The van der Waals surface area contributed by atoms with Crippen LogP contribution in [0.15, 0.2) is 48.1 Å². The first-order chi connectivity index (χ1) is 35.1. The highest BCUT2D eigenvalue weighted by atomic mass is 16.8. The molecule has 4 aliphatic carbocycles. The molecule has 8 aliphatic rings. The Morgan fingerprint density at radius 1 is 0.689 bits per heavy atom. The molecule has 1 aromatic carbocycles. The van der Waals surface area contributed by atoms with E-state index >= 15 is 0 Å². The van der Waals surface area contributed by atoms with Crippen molar-refractivity contribution in [2.45, 2.75) is 241 Å². The number of hydrogen-bond donors (Lipinski definition) is 5. The van der Waals surface area contributed by atoms with Crippen LogP contribution in [0.2, 0.25) is 0 Å². The summed E-state index contributed by atoms with van der Waals surface area (Å²) >= 11 is 0. The number of aliphatic hydroxyl groups is 5. The number of fused-ring (bicyclic) bond motifs is 5. The zero-order valence-corrected chi connectivity index (χ0v) is 44.5. The minimum atomic E-state index is -1.69. The summed E-state index contributed by atoms with van der Waals surface area (Å²) in [4.78, 5) is 26.8. The second-order valence-electron chi connectivity index (χ2n) is 23.1. The number of hydrogen-bond acceptors (Lipinski definition) is 18. The Hall–Kier alpha value is -2.76. The van der Waals surface area contributed by atoms with E-state index in [1.54, 1.807) is 34.0 Å². The zero-order valence-electron chi connectivity index (χ0n) is 44.5. The molecule has 0 aromatic heterocycles. The monoisotopic (exact) mass is 1040 g/mol. The highest BCUT2D eigenvalue weighted by Crippen LogP contribution is 2.70. The summed E-state index contributed by atoms with van der Waals surface area (Å²) < 4.78 is 68.2. The lowest BCUT2D eigenvalue weighted by Gasteiger charge is -2.66. The van der Waals surface area contributed by atoms with Gasteiger partial charge in [-0.05, 0) is 96.6 Å². The molecule has 7 fully saturated rings. The van der Waals surface area contributed by atoms with Crippen LogP contribution in [-0.2, 0) is 61.7 Å². The second-order valence-corrected chi connectivity index (χ2v) is 23.1. The molecule has 0 amide bonds. The van der Waals surface area contributed by atoms with Crippen LogP contribution in [0.3, 0.4) is 0 Å². The molecular weight excluding hydrogens is 961 g/mol. The maximum Gasteiger partial charge on any atom is 0.331 e. The van der Waals surface area contributed by atoms with Crippen molar-refractivity contribution in [3.05, 3.63) is 53.6 Å². The molecule has 0 spiro atoms. The van der Waals surface area contributed by atoms with E-state index < -0.39 is 144 Å². The third-order valence-electron chi connectivity index (χ3n) is 18.8. The number of rotatable bonds is 14. The van der Waals surface area contributed by atoms with Crippen molar-refractivity contribution in [3.63, 3.8) is 0 Å². The summed E-state index contributed by atoms with van der Waals surface area (Å²) in [6.07, 6.45) is -2.96. The number of ether oxygens (including phenoxy) is 11. The minimum absolute atomic E-state index is 0.0849. The average molecular weight is 1040 g/mol. The van der Waals surface area contributed by atoms with Crippen LogP contribution in [0.5, 0.6) is 0 Å². The van der Waals surface area contributed by atoms with Gasteiger partial charge in [0.15, 0.2) is 25.2 Å². The van der Waals surface area contributed by atoms with Crippen LogP contribution in [-0.4, -0.2) is 173 Å². The van der Waals surface area contributed by atoms with Crippen molar-refractivity contribution >= 4 is 17.8 Å². The van der Waals surface area contributed by atoms with Gasteiger partial charge >= 0.3 is 5.97 Å². The van der Waals surface area contributed by atoms with Crippen LogP contribution in [0, 0.1) is 22.7 Å². The van der Waals surface area contributed by atoms with Crippen LogP contribution < -0.4 is 0 Å². The number of esters is 1. The van der Waals surface area contributed by atoms with Crippen molar-refractivity contribution in [2.75, 3.05) is 14.2 Å². The van der Waals surface area contributed by atoms with Crippen molar-refractivity contribution in [3.8, 4) is 0 Å². The van der Waals surface area contributed by atoms with E-state index in [1.165, 1.54) is 20.1 Å². The van der Waals surface area contributed by atoms with E-state index in [2.05, 4.69) is 13.0 Å². The van der Waals surface area contributed by atoms with Crippen LogP contribution in [0.1, 0.15) is 125 Å². The van der Waals surface area contributed by atoms with E-state index in [9.17, 15) is 35.1 Å². The third-order valence-corrected chi connectivity index (χ3v) is 18.8. The average Bonchev–Trinajstić information content (AvgIpc) is 3.66. The highest BCUT2D eigenvalue weighted by molar-refractivity contribution is 5.87. The van der Waals surface area contributed by atoms with Gasteiger partial charge in [-0.2, -0.15) is 0 Å². The zero-order chi connectivity index (χ0) is 53.1. The van der Waals surface area contributed by atoms with Gasteiger partial charge in [-0.3, -0.25) is 4.79 Å².